The van der Waals surface area contributed by atoms with Crippen molar-refractivity contribution in [2.24, 2.45) is 11.1 Å². The van der Waals surface area contributed by atoms with Gasteiger partial charge in [-0.25, -0.2) is 0 Å². The Hall–Kier alpha value is -0.820. The van der Waals surface area contributed by atoms with Gasteiger partial charge in [-0.05, 0) is 37.2 Å². The van der Waals surface area contributed by atoms with Crippen molar-refractivity contribution in [1.29, 1.82) is 0 Å². The van der Waals surface area contributed by atoms with Crippen molar-refractivity contribution in [3.05, 3.63) is 21.9 Å². The zero-order valence-electron chi connectivity index (χ0n) is 11.9. The van der Waals surface area contributed by atoms with Gasteiger partial charge in [0.15, 0.2) is 0 Å². The van der Waals surface area contributed by atoms with Gasteiger partial charge in [0.05, 0.1) is 19.3 Å². The molecule has 2 rings (SSSR count). The van der Waals surface area contributed by atoms with Crippen LogP contribution in [0.1, 0.15) is 50.0 Å². The van der Waals surface area contributed by atoms with E-state index in [0.717, 1.165) is 12.2 Å². The average molecular weight is 277 g/mol. The molecule has 1 heterocycles. The van der Waals surface area contributed by atoms with Gasteiger partial charge in [-0.2, -0.15) is 0 Å². The Morgan fingerprint density at radius 1 is 1.42 bits per heavy atom. The molecule has 0 atom stereocenters. The van der Waals surface area contributed by atoms with Gasteiger partial charge < -0.3 is 10.5 Å². The predicted molar refractivity (Wildman–Crippen MR) is 81.1 cm³/mol. The third kappa shape index (κ3) is 4.65. The largest absolute Gasteiger partial charge is 0.373 e. The van der Waals surface area contributed by atoms with E-state index in [-0.39, 0.29) is 0 Å². The van der Waals surface area contributed by atoms with Gasteiger partial charge in [0.1, 0.15) is 0 Å². The van der Waals surface area contributed by atoms with E-state index in [1.807, 2.05) is 0 Å². The van der Waals surface area contributed by atoms with E-state index >= 15 is 0 Å². The summed E-state index contributed by atoms with van der Waals surface area (Å²) in [6.07, 6.45) is 5.37. The van der Waals surface area contributed by atoms with Gasteiger partial charge in [-0.15, -0.1) is 11.3 Å². The van der Waals surface area contributed by atoms with E-state index in [4.69, 9.17) is 10.5 Å². The molecule has 2 nitrogen and oxygen atoms in total. The van der Waals surface area contributed by atoms with Crippen molar-refractivity contribution in [2.75, 3.05) is 6.54 Å². The highest BCUT2D eigenvalue weighted by Crippen LogP contribution is 2.36. The van der Waals surface area contributed by atoms with Crippen LogP contribution in [-0.2, 0) is 11.3 Å². The first kappa shape index (κ1) is 14.6. The lowest BCUT2D eigenvalue weighted by Crippen LogP contribution is -2.26. The maximum absolute atomic E-state index is 6.02. The van der Waals surface area contributed by atoms with Crippen LogP contribution in [0.2, 0.25) is 0 Å². The molecule has 0 amide bonds. The second-order valence-electron chi connectivity index (χ2n) is 5.98. The fraction of sp³-hybridized carbons (Fsp3) is 0.625. The molecule has 1 aromatic rings. The molecule has 1 aliphatic carbocycles. The summed E-state index contributed by atoms with van der Waals surface area (Å²) in [6.45, 7) is 5.84. The van der Waals surface area contributed by atoms with Crippen LogP contribution in [0.5, 0.6) is 0 Å². The number of ether oxygens (including phenoxy) is 1. The van der Waals surface area contributed by atoms with Gasteiger partial charge in [0.25, 0.3) is 0 Å². The lowest BCUT2D eigenvalue weighted by Gasteiger charge is -2.34. The summed E-state index contributed by atoms with van der Waals surface area (Å²) in [6, 6.07) is 2.11. The van der Waals surface area contributed by atoms with Crippen LogP contribution in [-0.4, -0.2) is 12.6 Å². The molecular formula is C16H23NOS. The third-order valence-electron chi connectivity index (χ3n) is 3.74. The maximum atomic E-state index is 6.02. The van der Waals surface area contributed by atoms with Crippen molar-refractivity contribution in [3.63, 3.8) is 0 Å². The SMILES string of the molecule is CC1(C)CCC(OCc2cc(C#CCN)cs2)CC1. The molecule has 0 spiro atoms. The van der Waals surface area contributed by atoms with Gasteiger partial charge >= 0.3 is 0 Å². The second kappa shape index (κ2) is 6.56. The molecule has 0 aliphatic heterocycles. The van der Waals surface area contributed by atoms with Crippen LogP contribution in [0.25, 0.3) is 0 Å². The quantitative estimate of drug-likeness (QED) is 0.858. The first-order valence-corrected chi connectivity index (χ1v) is 7.85. The highest BCUT2D eigenvalue weighted by atomic mass is 32.1. The fourth-order valence-corrected chi connectivity index (χ4v) is 3.15. The molecule has 104 valence electrons. The molecule has 0 radical (unpaired) electrons. The number of rotatable bonds is 3. The standard InChI is InChI=1S/C16H23NOS/c1-16(2)7-5-14(6-8-16)18-11-15-10-13(12-19-15)4-3-9-17/h10,12,14H,5-9,11,17H2,1-2H3. The summed E-state index contributed by atoms with van der Waals surface area (Å²) in [5.41, 5.74) is 6.93. The molecule has 2 N–H and O–H groups in total. The normalized spacial score (nSPS) is 18.9. The van der Waals surface area contributed by atoms with Crippen molar-refractivity contribution in [1.82, 2.24) is 0 Å². The molecule has 1 saturated carbocycles. The maximum Gasteiger partial charge on any atom is 0.0813 e. The Kier molecular flexibility index (Phi) is 5.04. The van der Waals surface area contributed by atoms with Gasteiger partial charge in [0.2, 0.25) is 0 Å². The number of thiophene rings is 1. The van der Waals surface area contributed by atoms with Gasteiger partial charge in [0, 0.05) is 15.8 Å². The van der Waals surface area contributed by atoms with E-state index in [1.54, 1.807) is 11.3 Å². The van der Waals surface area contributed by atoms with Crippen molar-refractivity contribution < 1.29 is 4.74 Å². The lowest BCUT2D eigenvalue weighted by atomic mass is 9.76. The predicted octanol–water partition coefficient (Wildman–Crippen LogP) is 3.54. The van der Waals surface area contributed by atoms with Crippen LogP contribution in [0.15, 0.2) is 11.4 Å². The fourth-order valence-electron chi connectivity index (χ4n) is 2.41. The van der Waals surface area contributed by atoms with Gasteiger partial charge in [-0.3, -0.25) is 0 Å². The summed E-state index contributed by atoms with van der Waals surface area (Å²) in [4.78, 5) is 1.26. The topological polar surface area (TPSA) is 35.2 Å². The average Bonchev–Trinajstić information content (AvgIpc) is 2.83. The minimum atomic E-state index is 0.416. The molecule has 1 fully saturated rings. The van der Waals surface area contributed by atoms with E-state index in [1.165, 1.54) is 30.6 Å². The minimum Gasteiger partial charge on any atom is -0.373 e. The Morgan fingerprint density at radius 2 is 2.16 bits per heavy atom. The molecule has 3 heteroatoms. The summed E-state index contributed by atoms with van der Waals surface area (Å²) in [7, 11) is 0. The van der Waals surface area contributed by atoms with Crippen molar-refractivity contribution >= 4 is 11.3 Å². The summed E-state index contributed by atoms with van der Waals surface area (Å²) in [5.74, 6) is 5.93. The highest BCUT2D eigenvalue weighted by Gasteiger charge is 2.27. The summed E-state index contributed by atoms with van der Waals surface area (Å²) in [5, 5.41) is 2.07. The van der Waals surface area contributed by atoms with Gasteiger partial charge in [-0.1, -0.05) is 25.7 Å². The monoisotopic (exact) mass is 277 g/mol. The Labute approximate surface area is 120 Å². The minimum absolute atomic E-state index is 0.416. The number of nitrogens with two attached hydrogens (primary N) is 1. The molecule has 0 saturated heterocycles. The van der Waals surface area contributed by atoms with Crippen LogP contribution in [0.4, 0.5) is 0 Å². The van der Waals surface area contributed by atoms with E-state index in [9.17, 15) is 0 Å². The molecule has 1 aliphatic rings. The first-order valence-electron chi connectivity index (χ1n) is 6.97. The van der Waals surface area contributed by atoms with Crippen molar-refractivity contribution in [3.8, 4) is 11.8 Å². The lowest BCUT2D eigenvalue weighted by molar-refractivity contribution is -0.00448. The van der Waals surface area contributed by atoms with Crippen LogP contribution >= 0.6 is 11.3 Å². The Bertz CT molecular complexity index is 457. The summed E-state index contributed by atoms with van der Waals surface area (Å²) < 4.78 is 6.02. The van der Waals surface area contributed by atoms with Crippen molar-refractivity contribution in [2.45, 2.75) is 52.2 Å². The molecule has 19 heavy (non-hydrogen) atoms. The smallest absolute Gasteiger partial charge is 0.0813 e. The first-order chi connectivity index (χ1) is 9.09. The van der Waals surface area contributed by atoms with Crippen LogP contribution < -0.4 is 5.73 Å². The molecule has 0 aromatic carbocycles. The Balaban J connectivity index is 1.78. The van der Waals surface area contributed by atoms with E-state index in [2.05, 4.69) is 37.1 Å². The number of hydrogen-bond acceptors (Lipinski definition) is 3. The van der Waals surface area contributed by atoms with Crippen LogP contribution in [0, 0.1) is 17.3 Å². The summed E-state index contributed by atoms with van der Waals surface area (Å²) >= 11 is 1.72. The Morgan fingerprint density at radius 3 is 2.84 bits per heavy atom. The zero-order valence-corrected chi connectivity index (χ0v) is 12.7. The van der Waals surface area contributed by atoms with E-state index in [0.29, 0.717) is 18.1 Å². The third-order valence-corrected chi connectivity index (χ3v) is 4.65. The number of hydrogen-bond donors (Lipinski definition) is 1. The van der Waals surface area contributed by atoms with E-state index < -0.39 is 0 Å². The molecule has 1 aromatic heterocycles. The molecular weight excluding hydrogens is 254 g/mol. The second-order valence-corrected chi connectivity index (χ2v) is 6.98. The molecule has 0 unspecified atom stereocenters. The van der Waals surface area contributed by atoms with Crippen LogP contribution in [0.3, 0.4) is 0 Å². The zero-order chi connectivity index (χ0) is 13.7. The molecule has 0 bridgehead atoms. The highest BCUT2D eigenvalue weighted by molar-refractivity contribution is 7.10.